The Morgan fingerprint density at radius 2 is 2.14 bits per heavy atom. The van der Waals surface area contributed by atoms with Crippen molar-refractivity contribution in [3.63, 3.8) is 0 Å². The predicted molar refractivity (Wildman–Crippen MR) is 55.8 cm³/mol. The number of aliphatic hydroxyl groups is 1. The van der Waals surface area contributed by atoms with Crippen LogP contribution in [-0.2, 0) is 16.6 Å². The van der Waals surface area contributed by atoms with Gasteiger partial charge in [-0.15, -0.1) is 0 Å². The number of nitrogens with one attached hydrogen (secondary N) is 1. The summed E-state index contributed by atoms with van der Waals surface area (Å²) in [7, 11) is -3.32. The van der Waals surface area contributed by atoms with Crippen molar-refractivity contribution in [3.05, 3.63) is 28.8 Å². The molecule has 0 saturated carbocycles. The summed E-state index contributed by atoms with van der Waals surface area (Å²) in [6.07, 6.45) is 1.04. The lowest BCUT2D eigenvalue weighted by Crippen LogP contribution is -2.09. The van der Waals surface area contributed by atoms with Crippen molar-refractivity contribution in [2.24, 2.45) is 0 Å². The minimum atomic E-state index is -3.32. The van der Waals surface area contributed by atoms with E-state index in [0.29, 0.717) is 11.3 Å². The van der Waals surface area contributed by atoms with E-state index in [-0.39, 0.29) is 11.6 Å². The molecule has 6 heteroatoms. The van der Waals surface area contributed by atoms with E-state index in [9.17, 15) is 8.42 Å². The normalized spacial score (nSPS) is 11.4. The van der Waals surface area contributed by atoms with Crippen LogP contribution in [0.4, 0.5) is 5.69 Å². The van der Waals surface area contributed by atoms with Crippen LogP contribution in [0.15, 0.2) is 18.2 Å². The molecule has 0 atom stereocenters. The summed E-state index contributed by atoms with van der Waals surface area (Å²) in [5.74, 6) is 0. The maximum atomic E-state index is 10.9. The van der Waals surface area contributed by atoms with Gasteiger partial charge >= 0.3 is 0 Å². The molecule has 1 aromatic rings. The second-order valence-electron chi connectivity index (χ2n) is 2.85. The minimum absolute atomic E-state index is 0.126. The Kier molecular flexibility index (Phi) is 3.36. The van der Waals surface area contributed by atoms with Crippen LogP contribution in [0.3, 0.4) is 0 Å². The van der Waals surface area contributed by atoms with Crippen LogP contribution in [0, 0.1) is 0 Å². The third-order valence-corrected chi connectivity index (χ3v) is 2.41. The zero-order valence-corrected chi connectivity index (χ0v) is 9.06. The standard InChI is InChI=1S/C8H10ClNO3S/c1-14(12,13)10-8-3-2-6(5-11)4-7(8)9/h2-4,10-11H,5H2,1H3. The van der Waals surface area contributed by atoms with Crippen LogP contribution < -0.4 is 4.72 Å². The van der Waals surface area contributed by atoms with Gasteiger partial charge in [0, 0.05) is 0 Å². The van der Waals surface area contributed by atoms with Crippen LogP contribution >= 0.6 is 11.6 Å². The summed E-state index contributed by atoms with van der Waals surface area (Å²) in [6, 6.07) is 4.61. The van der Waals surface area contributed by atoms with Crippen molar-refractivity contribution in [2.45, 2.75) is 6.61 Å². The molecule has 0 unspecified atom stereocenters. The Morgan fingerprint density at radius 3 is 2.57 bits per heavy atom. The number of aliphatic hydroxyl groups excluding tert-OH is 1. The van der Waals surface area contributed by atoms with Gasteiger partial charge < -0.3 is 5.11 Å². The van der Waals surface area contributed by atoms with Crippen molar-refractivity contribution >= 4 is 27.3 Å². The number of rotatable bonds is 3. The predicted octanol–water partition coefficient (Wildman–Crippen LogP) is 1.20. The summed E-state index contributed by atoms with van der Waals surface area (Å²) >= 11 is 5.78. The second-order valence-corrected chi connectivity index (χ2v) is 5.00. The van der Waals surface area contributed by atoms with E-state index in [1.807, 2.05) is 0 Å². The number of halogens is 1. The fourth-order valence-electron chi connectivity index (χ4n) is 0.939. The van der Waals surface area contributed by atoms with Crippen molar-refractivity contribution in [3.8, 4) is 0 Å². The Labute approximate surface area is 87.6 Å². The van der Waals surface area contributed by atoms with Gasteiger partial charge in [-0.25, -0.2) is 8.42 Å². The Morgan fingerprint density at radius 1 is 1.50 bits per heavy atom. The van der Waals surface area contributed by atoms with E-state index < -0.39 is 10.0 Å². The highest BCUT2D eigenvalue weighted by Gasteiger charge is 2.06. The third-order valence-electron chi connectivity index (χ3n) is 1.51. The molecule has 0 saturated heterocycles. The number of benzene rings is 1. The van der Waals surface area contributed by atoms with E-state index in [4.69, 9.17) is 16.7 Å². The first kappa shape index (κ1) is 11.3. The van der Waals surface area contributed by atoms with Gasteiger partial charge in [0.2, 0.25) is 10.0 Å². The van der Waals surface area contributed by atoms with Crippen LogP contribution in [0.5, 0.6) is 0 Å². The quantitative estimate of drug-likeness (QED) is 0.828. The molecule has 0 spiro atoms. The topological polar surface area (TPSA) is 66.4 Å². The fraction of sp³-hybridized carbons (Fsp3) is 0.250. The van der Waals surface area contributed by atoms with Crippen LogP contribution in [0.1, 0.15) is 5.56 Å². The molecule has 4 nitrogen and oxygen atoms in total. The second kappa shape index (κ2) is 4.16. The summed E-state index contributed by atoms with van der Waals surface area (Å²) in [4.78, 5) is 0. The van der Waals surface area contributed by atoms with E-state index in [1.165, 1.54) is 12.1 Å². The van der Waals surface area contributed by atoms with Gasteiger partial charge in [-0.3, -0.25) is 4.72 Å². The molecule has 0 amide bonds. The van der Waals surface area contributed by atoms with E-state index in [1.54, 1.807) is 6.07 Å². The maximum Gasteiger partial charge on any atom is 0.229 e. The van der Waals surface area contributed by atoms with Gasteiger partial charge in [-0.2, -0.15) is 0 Å². The Hall–Kier alpha value is -0.780. The highest BCUT2D eigenvalue weighted by molar-refractivity contribution is 7.92. The summed E-state index contributed by atoms with van der Waals surface area (Å²) in [5, 5.41) is 9.05. The minimum Gasteiger partial charge on any atom is -0.392 e. The maximum absolute atomic E-state index is 10.9. The highest BCUT2D eigenvalue weighted by Crippen LogP contribution is 2.23. The molecule has 0 aliphatic carbocycles. The molecule has 14 heavy (non-hydrogen) atoms. The van der Waals surface area contributed by atoms with Crippen LogP contribution in [-0.4, -0.2) is 19.8 Å². The van der Waals surface area contributed by atoms with Crippen molar-refractivity contribution in [2.75, 3.05) is 11.0 Å². The monoisotopic (exact) mass is 235 g/mol. The van der Waals surface area contributed by atoms with Crippen LogP contribution in [0.2, 0.25) is 5.02 Å². The Balaban J connectivity index is 3.01. The molecular weight excluding hydrogens is 226 g/mol. The average molecular weight is 236 g/mol. The molecule has 78 valence electrons. The lowest BCUT2D eigenvalue weighted by Gasteiger charge is -2.06. The zero-order valence-electron chi connectivity index (χ0n) is 7.49. The Bertz CT molecular complexity index is 430. The SMILES string of the molecule is CS(=O)(=O)Nc1ccc(CO)cc1Cl. The first-order chi connectivity index (χ1) is 6.42. The summed E-state index contributed by atoms with van der Waals surface area (Å²) in [5.41, 5.74) is 0.945. The molecule has 2 N–H and O–H groups in total. The molecule has 1 aromatic carbocycles. The largest absolute Gasteiger partial charge is 0.392 e. The highest BCUT2D eigenvalue weighted by atomic mass is 35.5. The van der Waals surface area contributed by atoms with Gasteiger partial charge in [-0.05, 0) is 17.7 Å². The number of sulfonamides is 1. The van der Waals surface area contributed by atoms with Gasteiger partial charge in [0.15, 0.2) is 0 Å². The van der Waals surface area contributed by atoms with E-state index in [0.717, 1.165) is 6.26 Å². The summed E-state index contributed by atoms with van der Waals surface area (Å²) in [6.45, 7) is -0.126. The van der Waals surface area contributed by atoms with Crippen LogP contribution in [0.25, 0.3) is 0 Å². The van der Waals surface area contributed by atoms with Gasteiger partial charge in [0.1, 0.15) is 0 Å². The average Bonchev–Trinajstić information content (AvgIpc) is 2.06. The van der Waals surface area contributed by atoms with Gasteiger partial charge in [0.05, 0.1) is 23.6 Å². The smallest absolute Gasteiger partial charge is 0.229 e. The number of hydrogen-bond acceptors (Lipinski definition) is 3. The van der Waals surface area contributed by atoms with Crippen molar-refractivity contribution < 1.29 is 13.5 Å². The first-order valence-electron chi connectivity index (χ1n) is 3.79. The van der Waals surface area contributed by atoms with Gasteiger partial charge in [0.25, 0.3) is 0 Å². The lowest BCUT2D eigenvalue weighted by molar-refractivity contribution is 0.282. The first-order valence-corrected chi connectivity index (χ1v) is 6.06. The third kappa shape index (κ3) is 3.17. The fourth-order valence-corrected chi connectivity index (χ4v) is 1.82. The summed E-state index contributed by atoms with van der Waals surface area (Å²) < 4.78 is 24.0. The number of anilines is 1. The molecule has 0 heterocycles. The molecule has 1 rings (SSSR count). The van der Waals surface area contributed by atoms with Gasteiger partial charge in [-0.1, -0.05) is 17.7 Å². The molecule has 0 aromatic heterocycles. The van der Waals surface area contributed by atoms with Crippen molar-refractivity contribution in [1.82, 2.24) is 0 Å². The number of hydrogen-bond donors (Lipinski definition) is 2. The van der Waals surface area contributed by atoms with E-state index >= 15 is 0 Å². The molecule has 0 aliphatic heterocycles. The molecule has 0 radical (unpaired) electrons. The molecule has 0 bridgehead atoms. The lowest BCUT2D eigenvalue weighted by atomic mass is 10.2. The zero-order chi connectivity index (χ0) is 10.8. The van der Waals surface area contributed by atoms with E-state index in [2.05, 4.69) is 4.72 Å². The van der Waals surface area contributed by atoms with Crippen molar-refractivity contribution in [1.29, 1.82) is 0 Å². The molecular formula is C8H10ClNO3S. The molecule has 0 fully saturated rings. The molecule has 0 aliphatic rings.